The molecule has 9 heteroatoms. The van der Waals surface area contributed by atoms with Crippen LogP contribution in [-0.4, -0.2) is 52.7 Å². The Bertz CT molecular complexity index is 875. The summed E-state index contributed by atoms with van der Waals surface area (Å²) in [5.41, 5.74) is -0.0723. The number of esters is 1. The van der Waals surface area contributed by atoms with E-state index in [2.05, 4.69) is 10.6 Å². The molecule has 2 aliphatic rings. The molecule has 2 N–H and O–H groups in total. The van der Waals surface area contributed by atoms with Crippen molar-refractivity contribution in [3.63, 3.8) is 0 Å². The van der Waals surface area contributed by atoms with Gasteiger partial charge in [-0.3, -0.25) is 24.1 Å². The molecule has 0 unspecified atom stereocenters. The van der Waals surface area contributed by atoms with E-state index in [1.165, 1.54) is 19.9 Å². The Morgan fingerprint density at radius 2 is 1.93 bits per heavy atom. The highest BCUT2D eigenvalue weighted by Crippen LogP contribution is 2.34. The average Bonchev–Trinajstić information content (AvgIpc) is 3.22. The second kappa shape index (κ2) is 8.02. The number of imide groups is 1. The lowest BCUT2D eigenvalue weighted by molar-refractivity contribution is -0.155. The van der Waals surface area contributed by atoms with Crippen molar-refractivity contribution in [3.05, 3.63) is 29.8 Å². The molecule has 1 spiro atoms. The summed E-state index contributed by atoms with van der Waals surface area (Å²) in [6, 6.07) is 5.75. The first kappa shape index (κ1) is 20.5. The van der Waals surface area contributed by atoms with Crippen molar-refractivity contribution in [1.82, 2.24) is 10.2 Å². The fraction of sp³-hybridized carbons (Fsp3) is 0.450. The summed E-state index contributed by atoms with van der Waals surface area (Å²) in [6.45, 7) is 2.24. The molecule has 154 valence electrons. The van der Waals surface area contributed by atoms with E-state index < -0.39 is 42.0 Å². The van der Waals surface area contributed by atoms with Crippen molar-refractivity contribution in [1.29, 1.82) is 0 Å². The first-order valence-electron chi connectivity index (χ1n) is 9.47. The first-order valence-corrected chi connectivity index (χ1v) is 9.47. The monoisotopic (exact) mass is 401 g/mol. The number of ketones is 1. The van der Waals surface area contributed by atoms with Crippen molar-refractivity contribution < 1.29 is 28.7 Å². The van der Waals surface area contributed by atoms with Gasteiger partial charge in [0.15, 0.2) is 11.9 Å². The van der Waals surface area contributed by atoms with Gasteiger partial charge in [0.1, 0.15) is 12.1 Å². The van der Waals surface area contributed by atoms with Crippen LogP contribution in [0.4, 0.5) is 10.5 Å². The van der Waals surface area contributed by atoms with Gasteiger partial charge in [-0.25, -0.2) is 4.79 Å². The third kappa shape index (κ3) is 4.28. The number of Topliss-reactive ketones (excluding diaryl/α,β-unsaturated/α-hetero) is 1. The molecule has 29 heavy (non-hydrogen) atoms. The summed E-state index contributed by atoms with van der Waals surface area (Å²) >= 11 is 0. The van der Waals surface area contributed by atoms with E-state index in [9.17, 15) is 24.0 Å². The SMILES string of the molecule is CC(=O)c1cccc(NC(=O)[C@H](C)OC(=O)CN2C(=O)NC3(CCCC3)C2=O)c1. The number of anilines is 1. The van der Waals surface area contributed by atoms with E-state index in [4.69, 9.17) is 4.74 Å². The van der Waals surface area contributed by atoms with Gasteiger partial charge in [-0.05, 0) is 38.8 Å². The van der Waals surface area contributed by atoms with E-state index in [-0.39, 0.29) is 5.78 Å². The Morgan fingerprint density at radius 3 is 2.59 bits per heavy atom. The molecular formula is C20H23N3O6. The number of carbonyl (C=O) groups excluding carboxylic acids is 5. The number of rotatable bonds is 6. The normalized spacial score (nSPS) is 18.5. The average molecular weight is 401 g/mol. The van der Waals surface area contributed by atoms with Crippen molar-refractivity contribution in [3.8, 4) is 0 Å². The smallest absolute Gasteiger partial charge is 0.327 e. The fourth-order valence-electron chi connectivity index (χ4n) is 3.61. The van der Waals surface area contributed by atoms with Crippen LogP contribution in [0.5, 0.6) is 0 Å². The maximum Gasteiger partial charge on any atom is 0.327 e. The van der Waals surface area contributed by atoms with Crippen LogP contribution < -0.4 is 10.6 Å². The zero-order valence-electron chi connectivity index (χ0n) is 16.3. The molecule has 1 aromatic rings. The van der Waals surface area contributed by atoms with Crippen LogP contribution in [0.3, 0.4) is 0 Å². The van der Waals surface area contributed by atoms with Crippen LogP contribution in [-0.2, 0) is 19.1 Å². The lowest BCUT2D eigenvalue weighted by Gasteiger charge is -2.20. The van der Waals surface area contributed by atoms with Crippen LogP contribution in [0.25, 0.3) is 0 Å². The lowest BCUT2D eigenvalue weighted by atomic mass is 9.98. The summed E-state index contributed by atoms with van der Waals surface area (Å²) in [5.74, 6) is -2.02. The second-order valence-corrected chi connectivity index (χ2v) is 7.37. The summed E-state index contributed by atoms with van der Waals surface area (Å²) in [7, 11) is 0. The van der Waals surface area contributed by atoms with Crippen LogP contribution in [0, 0.1) is 0 Å². The zero-order valence-corrected chi connectivity index (χ0v) is 16.3. The minimum absolute atomic E-state index is 0.144. The number of ether oxygens (including phenoxy) is 1. The maximum atomic E-state index is 12.6. The number of urea groups is 1. The fourth-order valence-corrected chi connectivity index (χ4v) is 3.61. The van der Waals surface area contributed by atoms with Crippen molar-refractivity contribution >= 4 is 35.3 Å². The van der Waals surface area contributed by atoms with Gasteiger partial charge in [0.05, 0.1) is 0 Å². The Labute approximate surface area is 167 Å². The molecule has 1 aliphatic heterocycles. The predicted molar refractivity (Wildman–Crippen MR) is 102 cm³/mol. The van der Waals surface area contributed by atoms with Crippen LogP contribution >= 0.6 is 0 Å². The summed E-state index contributed by atoms with van der Waals surface area (Å²) in [5, 5.41) is 5.25. The summed E-state index contributed by atoms with van der Waals surface area (Å²) < 4.78 is 5.08. The number of nitrogens with one attached hydrogen (secondary N) is 2. The minimum atomic E-state index is -1.15. The number of hydrogen-bond donors (Lipinski definition) is 2. The third-order valence-corrected chi connectivity index (χ3v) is 5.20. The molecular weight excluding hydrogens is 378 g/mol. The predicted octanol–water partition coefficient (Wildman–Crippen LogP) is 1.62. The highest BCUT2D eigenvalue weighted by Gasteiger charge is 2.52. The lowest BCUT2D eigenvalue weighted by Crippen LogP contribution is -2.44. The first-order chi connectivity index (χ1) is 13.7. The molecule has 1 saturated carbocycles. The van der Waals surface area contributed by atoms with Crippen LogP contribution in [0.1, 0.15) is 49.9 Å². The van der Waals surface area contributed by atoms with Gasteiger partial charge in [-0.2, -0.15) is 0 Å². The van der Waals surface area contributed by atoms with E-state index in [1.54, 1.807) is 18.2 Å². The van der Waals surface area contributed by atoms with E-state index >= 15 is 0 Å². The molecule has 3 rings (SSSR count). The van der Waals surface area contributed by atoms with E-state index in [1.807, 2.05) is 0 Å². The highest BCUT2D eigenvalue weighted by atomic mass is 16.5. The van der Waals surface area contributed by atoms with Crippen molar-refractivity contribution in [2.24, 2.45) is 0 Å². The van der Waals surface area contributed by atoms with Crippen LogP contribution in [0.15, 0.2) is 24.3 Å². The van der Waals surface area contributed by atoms with Crippen molar-refractivity contribution in [2.45, 2.75) is 51.2 Å². The molecule has 9 nitrogen and oxygen atoms in total. The molecule has 1 atom stereocenters. The number of carbonyl (C=O) groups is 5. The Morgan fingerprint density at radius 1 is 1.24 bits per heavy atom. The Balaban J connectivity index is 1.55. The molecule has 2 fully saturated rings. The van der Waals surface area contributed by atoms with Crippen molar-refractivity contribution in [2.75, 3.05) is 11.9 Å². The number of hydrogen-bond acceptors (Lipinski definition) is 6. The standard InChI is InChI=1S/C20H23N3O6/c1-12(24)14-6-5-7-15(10-14)21-17(26)13(2)29-16(25)11-23-18(27)20(22-19(23)28)8-3-4-9-20/h5-7,10,13H,3-4,8-9,11H2,1-2H3,(H,21,26)(H,22,28)/t13-/m0/s1. The maximum absolute atomic E-state index is 12.6. The van der Waals surface area contributed by atoms with Gasteiger partial charge >= 0.3 is 12.0 Å². The Hall–Kier alpha value is -3.23. The topological polar surface area (TPSA) is 122 Å². The van der Waals surface area contributed by atoms with Gasteiger partial charge in [-0.1, -0.05) is 25.0 Å². The number of nitrogens with zero attached hydrogens (tertiary/aromatic N) is 1. The highest BCUT2D eigenvalue weighted by molar-refractivity contribution is 6.09. The molecule has 1 heterocycles. The molecule has 0 aromatic heterocycles. The number of benzene rings is 1. The third-order valence-electron chi connectivity index (χ3n) is 5.20. The molecule has 1 aliphatic carbocycles. The quantitative estimate of drug-likeness (QED) is 0.424. The zero-order chi connectivity index (χ0) is 21.2. The summed E-state index contributed by atoms with van der Waals surface area (Å²) in [4.78, 5) is 61.4. The van der Waals surface area contributed by atoms with E-state index in [0.29, 0.717) is 24.1 Å². The number of amides is 4. The van der Waals surface area contributed by atoms with E-state index in [0.717, 1.165) is 17.7 Å². The molecule has 4 amide bonds. The van der Waals surface area contributed by atoms with Gasteiger partial charge in [0, 0.05) is 11.3 Å². The minimum Gasteiger partial charge on any atom is -0.451 e. The second-order valence-electron chi connectivity index (χ2n) is 7.37. The van der Waals surface area contributed by atoms with Gasteiger partial charge < -0.3 is 15.4 Å². The Kier molecular flexibility index (Phi) is 5.67. The molecule has 1 saturated heterocycles. The molecule has 0 radical (unpaired) electrons. The summed E-state index contributed by atoms with van der Waals surface area (Å²) in [6.07, 6.45) is 1.64. The molecule has 0 bridgehead atoms. The molecule has 1 aromatic carbocycles. The largest absolute Gasteiger partial charge is 0.451 e. The van der Waals surface area contributed by atoms with Crippen LogP contribution in [0.2, 0.25) is 0 Å². The van der Waals surface area contributed by atoms with Gasteiger partial charge in [0.25, 0.3) is 11.8 Å². The van der Waals surface area contributed by atoms with Gasteiger partial charge in [-0.15, -0.1) is 0 Å². The van der Waals surface area contributed by atoms with Gasteiger partial charge in [0.2, 0.25) is 0 Å².